The summed E-state index contributed by atoms with van der Waals surface area (Å²) in [6, 6.07) is 3.00. The molecule has 1 aromatic rings. The number of benzene rings is 1. The van der Waals surface area contributed by atoms with Crippen LogP contribution in [0.4, 0.5) is 4.79 Å². The molecule has 0 radical (unpaired) electrons. The van der Waals surface area contributed by atoms with E-state index in [9.17, 15) is 19.5 Å². The minimum Gasteiger partial charge on any atom is -0.504 e. The summed E-state index contributed by atoms with van der Waals surface area (Å²) in [5.41, 5.74) is 0.558. The summed E-state index contributed by atoms with van der Waals surface area (Å²) in [6.07, 6.45) is 1.50. The number of phenols is 1. The minimum atomic E-state index is -0.643. The Morgan fingerprint density at radius 1 is 1.32 bits per heavy atom. The first-order valence-electron chi connectivity index (χ1n) is 7.43. The molecule has 2 amide bonds. The van der Waals surface area contributed by atoms with Gasteiger partial charge in [0.2, 0.25) is 0 Å². The fourth-order valence-electron chi connectivity index (χ4n) is 2.05. The van der Waals surface area contributed by atoms with Crippen molar-refractivity contribution in [3.8, 4) is 11.5 Å². The van der Waals surface area contributed by atoms with Crippen LogP contribution in [0.5, 0.6) is 11.5 Å². The molecule has 9 heteroatoms. The molecule has 7 nitrogen and oxygen atoms in total. The molecule has 0 aromatic heterocycles. The van der Waals surface area contributed by atoms with Crippen LogP contribution in [0.2, 0.25) is 0 Å². The van der Waals surface area contributed by atoms with Crippen LogP contribution in [-0.2, 0) is 14.3 Å². The molecule has 0 spiro atoms. The molecule has 0 bridgehead atoms. The van der Waals surface area contributed by atoms with Gasteiger partial charge in [-0.25, -0.2) is 0 Å². The highest BCUT2D eigenvalue weighted by molar-refractivity contribution is 9.10. The van der Waals surface area contributed by atoms with Crippen LogP contribution < -0.4 is 4.74 Å². The van der Waals surface area contributed by atoms with Crippen molar-refractivity contribution in [1.29, 1.82) is 0 Å². The number of phenolic OH excluding ortho intramolecular Hbond substituents is 1. The van der Waals surface area contributed by atoms with Crippen molar-refractivity contribution >= 4 is 50.9 Å². The van der Waals surface area contributed by atoms with Gasteiger partial charge in [0.15, 0.2) is 11.5 Å². The van der Waals surface area contributed by atoms with E-state index in [-0.39, 0.29) is 23.0 Å². The number of hydrogen-bond donors (Lipinski definition) is 1. The van der Waals surface area contributed by atoms with Crippen LogP contribution in [0.15, 0.2) is 21.5 Å². The zero-order chi connectivity index (χ0) is 18.6. The Bertz CT molecular complexity index is 748. The molecule has 2 rings (SSSR count). The average molecular weight is 430 g/mol. The van der Waals surface area contributed by atoms with Gasteiger partial charge in [0.1, 0.15) is 6.54 Å². The average Bonchev–Trinajstić information content (AvgIpc) is 2.80. The Morgan fingerprint density at radius 3 is 2.68 bits per heavy atom. The van der Waals surface area contributed by atoms with Crippen LogP contribution >= 0.6 is 27.7 Å². The van der Waals surface area contributed by atoms with E-state index in [1.165, 1.54) is 12.1 Å². The summed E-state index contributed by atoms with van der Waals surface area (Å²) < 4.78 is 10.6. The van der Waals surface area contributed by atoms with Crippen LogP contribution in [0.3, 0.4) is 0 Å². The molecule has 134 valence electrons. The highest BCUT2D eigenvalue weighted by atomic mass is 79.9. The topological polar surface area (TPSA) is 93.1 Å². The smallest absolute Gasteiger partial charge is 0.326 e. The van der Waals surface area contributed by atoms with Crippen LogP contribution in [-0.4, -0.2) is 46.9 Å². The second-order valence-corrected chi connectivity index (χ2v) is 6.69. The van der Waals surface area contributed by atoms with E-state index in [0.29, 0.717) is 16.6 Å². The summed E-state index contributed by atoms with van der Waals surface area (Å²) in [5.74, 6) is -0.986. The number of ether oxygens (including phenoxy) is 2. The molecule has 1 aliphatic rings. The maximum atomic E-state index is 12.4. The molecule has 1 aliphatic heterocycles. The monoisotopic (exact) mass is 429 g/mol. The molecular formula is C16H16BrNO6S. The number of thioether (sulfide) groups is 1. The van der Waals surface area contributed by atoms with E-state index in [2.05, 4.69) is 15.9 Å². The molecule has 0 aliphatic carbocycles. The molecule has 0 saturated carbocycles. The van der Waals surface area contributed by atoms with E-state index >= 15 is 0 Å². The Labute approximate surface area is 157 Å². The number of rotatable bonds is 6. The molecule has 1 N–H and O–H groups in total. The number of halogens is 1. The summed E-state index contributed by atoms with van der Waals surface area (Å²) in [4.78, 5) is 36.9. The number of carbonyl (C=O) groups excluding carboxylic acids is 3. The third kappa shape index (κ3) is 4.55. The maximum Gasteiger partial charge on any atom is 0.326 e. The van der Waals surface area contributed by atoms with Gasteiger partial charge in [-0.1, -0.05) is 15.9 Å². The fraction of sp³-hybridized carbons (Fsp3) is 0.312. The molecule has 1 fully saturated rings. The number of nitrogens with zero attached hydrogens (tertiary/aromatic N) is 1. The Hall–Kier alpha value is -2.00. The molecule has 0 atom stereocenters. The van der Waals surface area contributed by atoms with Crippen molar-refractivity contribution in [2.45, 2.75) is 13.8 Å². The SMILES string of the molecule is CCOC(=O)CN1C(=O)S/C(=C/c2cc(OCC)c(O)cc2Br)C1=O. The second kappa shape index (κ2) is 8.39. The van der Waals surface area contributed by atoms with E-state index in [1.807, 2.05) is 0 Å². The summed E-state index contributed by atoms with van der Waals surface area (Å²) in [6.45, 7) is 3.54. The van der Waals surface area contributed by atoms with Crippen molar-refractivity contribution in [3.63, 3.8) is 0 Å². The predicted octanol–water partition coefficient (Wildman–Crippen LogP) is 3.15. The molecule has 25 heavy (non-hydrogen) atoms. The molecule has 0 unspecified atom stereocenters. The summed E-state index contributed by atoms with van der Waals surface area (Å²) in [7, 11) is 0. The second-order valence-electron chi connectivity index (χ2n) is 4.85. The van der Waals surface area contributed by atoms with Gasteiger partial charge in [-0.05, 0) is 49.4 Å². The number of carbonyl (C=O) groups is 3. The largest absolute Gasteiger partial charge is 0.504 e. The standard InChI is InChI=1S/C16H16BrNO6S/c1-3-23-12-5-9(10(17)7-11(12)19)6-13-15(21)18(16(22)25-13)8-14(20)24-4-2/h5-7,19H,3-4,8H2,1-2H3/b13-6+. The van der Waals surface area contributed by atoms with Crippen molar-refractivity contribution in [2.24, 2.45) is 0 Å². The summed E-state index contributed by atoms with van der Waals surface area (Å²) >= 11 is 4.03. The lowest BCUT2D eigenvalue weighted by molar-refractivity contribution is -0.145. The predicted molar refractivity (Wildman–Crippen MR) is 96.3 cm³/mol. The van der Waals surface area contributed by atoms with E-state index in [4.69, 9.17) is 9.47 Å². The fourth-order valence-corrected chi connectivity index (χ4v) is 3.33. The number of imide groups is 1. The van der Waals surface area contributed by atoms with E-state index < -0.39 is 23.7 Å². The van der Waals surface area contributed by atoms with Gasteiger partial charge >= 0.3 is 5.97 Å². The molecular weight excluding hydrogens is 414 g/mol. The van der Waals surface area contributed by atoms with Crippen molar-refractivity contribution in [3.05, 3.63) is 27.1 Å². The van der Waals surface area contributed by atoms with Crippen molar-refractivity contribution in [2.75, 3.05) is 19.8 Å². The van der Waals surface area contributed by atoms with Crippen LogP contribution in [0.1, 0.15) is 19.4 Å². The third-order valence-corrected chi connectivity index (χ3v) is 4.72. The van der Waals surface area contributed by atoms with Gasteiger partial charge in [-0.15, -0.1) is 0 Å². The Balaban J connectivity index is 2.27. The number of hydrogen-bond acceptors (Lipinski definition) is 7. The first-order valence-corrected chi connectivity index (χ1v) is 9.04. The van der Waals surface area contributed by atoms with Gasteiger partial charge in [-0.3, -0.25) is 19.3 Å². The summed E-state index contributed by atoms with van der Waals surface area (Å²) in [5, 5.41) is 9.29. The third-order valence-electron chi connectivity index (χ3n) is 3.13. The van der Waals surface area contributed by atoms with Crippen molar-refractivity contribution in [1.82, 2.24) is 4.90 Å². The molecule has 1 aromatic carbocycles. The quantitative estimate of drug-likeness (QED) is 0.548. The molecule has 1 heterocycles. The number of esters is 1. The molecule has 1 saturated heterocycles. The van der Waals surface area contributed by atoms with Gasteiger partial charge in [0.05, 0.1) is 18.1 Å². The van der Waals surface area contributed by atoms with Gasteiger partial charge in [0.25, 0.3) is 11.1 Å². The maximum absolute atomic E-state index is 12.4. The lowest BCUT2D eigenvalue weighted by atomic mass is 10.2. The highest BCUT2D eigenvalue weighted by Gasteiger charge is 2.36. The normalized spacial score (nSPS) is 15.8. The zero-order valence-electron chi connectivity index (χ0n) is 13.6. The highest BCUT2D eigenvalue weighted by Crippen LogP contribution is 2.37. The number of aromatic hydroxyl groups is 1. The first kappa shape index (κ1) is 19.3. The van der Waals surface area contributed by atoms with Gasteiger partial charge in [-0.2, -0.15) is 0 Å². The van der Waals surface area contributed by atoms with Crippen LogP contribution in [0, 0.1) is 0 Å². The lowest BCUT2D eigenvalue weighted by Gasteiger charge is -2.11. The van der Waals surface area contributed by atoms with Gasteiger partial charge < -0.3 is 14.6 Å². The van der Waals surface area contributed by atoms with E-state index in [0.717, 1.165) is 16.7 Å². The first-order chi connectivity index (χ1) is 11.9. The Kier molecular flexibility index (Phi) is 6.49. The Morgan fingerprint density at radius 2 is 2.04 bits per heavy atom. The minimum absolute atomic E-state index is 0.0405. The lowest BCUT2D eigenvalue weighted by Crippen LogP contribution is -2.34. The number of amides is 2. The van der Waals surface area contributed by atoms with Gasteiger partial charge in [0, 0.05) is 4.47 Å². The van der Waals surface area contributed by atoms with E-state index in [1.54, 1.807) is 19.9 Å². The van der Waals surface area contributed by atoms with Crippen molar-refractivity contribution < 1.29 is 29.0 Å². The van der Waals surface area contributed by atoms with Crippen LogP contribution in [0.25, 0.3) is 6.08 Å². The zero-order valence-corrected chi connectivity index (χ0v) is 16.0.